The lowest BCUT2D eigenvalue weighted by atomic mass is 9.96. The first kappa shape index (κ1) is 10.6. The van der Waals surface area contributed by atoms with Gasteiger partial charge in [-0.15, -0.1) is 0 Å². The van der Waals surface area contributed by atoms with Crippen LogP contribution in [-0.2, 0) is 0 Å². The zero-order valence-electron chi connectivity index (χ0n) is 8.03. The number of hydrogen-bond donors (Lipinski definition) is 2. The van der Waals surface area contributed by atoms with E-state index in [-0.39, 0.29) is 28.8 Å². The Morgan fingerprint density at radius 3 is 2.64 bits per heavy atom. The van der Waals surface area contributed by atoms with E-state index in [4.69, 9.17) is 5.11 Å². The third-order valence-corrected chi connectivity index (χ3v) is 2.13. The third kappa shape index (κ3) is 2.05. The molecule has 0 aliphatic carbocycles. The van der Waals surface area contributed by atoms with Gasteiger partial charge in [0, 0.05) is 12.0 Å². The maximum atomic E-state index is 11.6. The summed E-state index contributed by atoms with van der Waals surface area (Å²) < 4.78 is 0. The second kappa shape index (κ2) is 4.13. The van der Waals surface area contributed by atoms with Gasteiger partial charge in [0.15, 0.2) is 5.78 Å². The zero-order chi connectivity index (χ0) is 10.7. The molecule has 0 bridgehead atoms. The van der Waals surface area contributed by atoms with Gasteiger partial charge in [0.05, 0.1) is 5.56 Å². The summed E-state index contributed by atoms with van der Waals surface area (Å²) in [5, 5.41) is 18.4. The van der Waals surface area contributed by atoms with Crippen molar-refractivity contribution in [2.24, 2.45) is 5.92 Å². The number of benzene rings is 1. The van der Waals surface area contributed by atoms with E-state index in [9.17, 15) is 9.90 Å². The zero-order valence-corrected chi connectivity index (χ0v) is 8.03. The highest BCUT2D eigenvalue weighted by Crippen LogP contribution is 2.25. The number of phenolic OH excluding ortho intramolecular Hbond substituents is 2. The Morgan fingerprint density at radius 1 is 1.50 bits per heavy atom. The van der Waals surface area contributed by atoms with E-state index >= 15 is 0 Å². The molecule has 75 valence electrons. The predicted molar refractivity (Wildman–Crippen MR) is 53.2 cm³/mol. The summed E-state index contributed by atoms with van der Waals surface area (Å²) >= 11 is 0. The van der Waals surface area contributed by atoms with E-state index in [1.807, 2.05) is 0 Å². The number of hydrogen-bond acceptors (Lipinski definition) is 3. The van der Waals surface area contributed by atoms with Gasteiger partial charge < -0.3 is 10.2 Å². The van der Waals surface area contributed by atoms with Gasteiger partial charge in [0.25, 0.3) is 0 Å². The summed E-state index contributed by atoms with van der Waals surface area (Å²) in [6.07, 6.45) is 0.485. The van der Waals surface area contributed by atoms with Crippen molar-refractivity contribution >= 4 is 5.78 Å². The first-order valence-electron chi connectivity index (χ1n) is 4.41. The van der Waals surface area contributed by atoms with E-state index in [1.165, 1.54) is 12.1 Å². The third-order valence-electron chi connectivity index (χ3n) is 2.13. The Kier molecular flexibility index (Phi) is 3.12. The van der Waals surface area contributed by atoms with Crippen LogP contribution in [0.15, 0.2) is 18.2 Å². The van der Waals surface area contributed by atoms with Crippen LogP contribution in [0.3, 0.4) is 0 Å². The number of rotatable bonds is 3. The monoisotopic (exact) mass is 193 g/mol. The van der Waals surface area contributed by atoms with Crippen LogP contribution in [0.5, 0.6) is 11.5 Å². The molecule has 0 saturated heterocycles. The van der Waals surface area contributed by atoms with Crippen molar-refractivity contribution in [3.05, 3.63) is 30.7 Å². The smallest absolute Gasteiger partial charge is 0.169 e. The van der Waals surface area contributed by atoms with Crippen molar-refractivity contribution in [1.29, 1.82) is 0 Å². The molecule has 1 unspecified atom stereocenters. The number of carbonyl (C=O) groups excluding carboxylic acids is 1. The van der Waals surface area contributed by atoms with Gasteiger partial charge in [-0.25, -0.2) is 0 Å². The van der Waals surface area contributed by atoms with Crippen molar-refractivity contribution < 1.29 is 15.0 Å². The van der Waals surface area contributed by atoms with Crippen LogP contribution < -0.4 is 0 Å². The fourth-order valence-electron chi connectivity index (χ4n) is 1.12. The molecule has 0 aromatic heterocycles. The van der Waals surface area contributed by atoms with Gasteiger partial charge in [-0.2, -0.15) is 0 Å². The minimum absolute atomic E-state index is 0.0543. The highest BCUT2D eigenvalue weighted by atomic mass is 16.3. The minimum atomic E-state index is -0.217. The average molecular weight is 193 g/mol. The second-order valence-corrected chi connectivity index (χ2v) is 3.26. The fraction of sp³-hybridized carbons (Fsp3) is 0.273. The molecular formula is C11H13O3. The first-order valence-corrected chi connectivity index (χ1v) is 4.41. The lowest BCUT2D eigenvalue weighted by molar-refractivity contribution is 0.0928. The number of phenols is 2. The molecule has 0 fully saturated rings. The Balaban J connectivity index is 3.02. The summed E-state index contributed by atoms with van der Waals surface area (Å²) in [5.74, 6) is -0.612. The molecule has 0 heterocycles. The fourth-order valence-corrected chi connectivity index (χ4v) is 1.12. The Bertz CT molecular complexity index is 344. The van der Waals surface area contributed by atoms with E-state index < -0.39 is 0 Å². The molecule has 0 amide bonds. The molecular weight excluding hydrogens is 180 g/mol. The van der Waals surface area contributed by atoms with E-state index in [2.05, 4.69) is 6.92 Å². The van der Waals surface area contributed by atoms with Gasteiger partial charge in [0.2, 0.25) is 0 Å². The molecule has 2 N–H and O–H groups in total. The maximum Gasteiger partial charge on any atom is 0.169 e. The number of carbonyl (C=O) groups is 1. The lowest BCUT2D eigenvalue weighted by Gasteiger charge is -2.08. The van der Waals surface area contributed by atoms with Gasteiger partial charge in [-0.3, -0.25) is 4.79 Å². The lowest BCUT2D eigenvalue weighted by Crippen LogP contribution is -2.10. The molecule has 0 aliphatic rings. The van der Waals surface area contributed by atoms with Crippen molar-refractivity contribution in [3.8, 4) is 11.5 Å². The van der Waals surface area contributed by atoms with E-state index in [0.717, 1.165) is 6.07 Å². The van der Waals surface area contributed by atoms with E-state index in [0.29, 0.717) is 6.42 Å². The summed E-state index contributed by atoms with van der Waals surface area (Å²) in [5.41, 5.74) is 0.235. The van der Waals surface area contributed by atoms with Gasteiger partial charge in [0.1, 0.15) is 11.5 Å². The van der Waals surface area contributed by atoms with Crippen LogP contribution in [-0.4, -0.2) is 16.0 Å². The van der Waals surface area contributed by atoms with Crippen molar-refractivity contribution in [3.63, 3.8) is 0 Å². The minimum Gasteiger partial charge on any atom is -0.508 e. The standard InChI is InChI=1S/C11H13O3/c1-3-7(2)11(14)9-5-4-8(12)6-10(9)13/h4-7,12-13H,1,3H2,2H3. The van der Waals surface area contributed by atoms with Crippen LogP contribution in [0, 0.1) is 12.8 Å². The Labute approximate surface area is 83.0 Å². The largest absolute Gasteiger partial charge is 0.508 e. The Morgan fingerprint density at radius 2 is 2.14 bits per heavy atom. The molecule has 1 rings (SSSR count). The molecule has 1 radical (unpaired) electrons. The first-order chi connectivity index (χ1) is 6.56. The van der Waals surface area contributed by atoms with Gasteiger partial charge in [-0.1, -0.05) is 13.8 Å². The van der Waals surface area contributed by atoms with Crippen LogP contribution in [0.25, 0.3) is 0 Å². The molecule has 3 heteroatoms. The molecule has 0 saturated carbocycles. The Hall–Kier alpha value is -1.51. The van der Waals surface area contributed by atoms with E-state index in [1.54, 1.807) is 6.92 Å². The molecule has 1 aromatic rings. The van der Waals surface area contributed by atoms with Crippen molar-refractivity contribution in [2.75, 3.05) is 0 Å². The van der Waals surface area contributed by atoms with Crippen LogP contribution in [0.1, 0.15) is 23.7 Å². The molecule has 0 aliphatic heterocycles. The predicted octanol–water partition coefficient (Wildman–Crippen LogP) is 2.14. The van der Waals surface area contributed by atoms with Crippen LogP contribution in [0.2, 0.25) is 0 Å². The number of aromatic hydroxyl groups is 2. The summed E-state index contributed by atoms with van der Waals surface area (Å²) in [4.78, 5) is 11.6. The highest BCUT2D eigenvalue weighted by Gasteiger charge is 2.16. The summed E-state index contributed by atoms with van der Waals surface area (Å²) in [7, 11) is 0. The van der Waals surface area contributed by atoms with Crippen molar-refractivity contribution in [2.45, 2.75) is 13.3 Å². The van der Waals surface area contributed by atoms with Gasteiger partial charge >= 0.3 is 0 Å². The average Bonchev–Trinajstić information content (AvgIpc) is 2.15. The van der Waals surface area contributed by atoms with Crippen LogP contribution >= 0.6 is 0 Å². The summed E-state index contributed by atoms with van der Waals surface area (Å²) in [6, 6.07) is 3.95. The SMILES string of the molecule is [CH2]CC(C)C(=O)c1ccc(O)cc1O. The molecule has 0 spiro atoms. The maximum absolute atomic E-state index is 11.6. The molecule has 1 aromatic carbocycles. The summed E-state index contributed by atoms with van der Waals surface area (Å²) in [6.45, 7) is 5.38. The molecule has 14 heavy (non-hydrogen) atoms. The normalized spacial score (nSPS) is 12.4. The van der Waals surface area contributed by atoms with Crippen molar-refractivity contribution in [1.82, 2.24) is 0 Å². The molecule has 3 nitrogen and oxygen atoms in total. The molecule has 1 atom stereocenters. The number of Topliss-reactive ketones (excluding diaryl/α,β-unsaturated/α-hetero) is 1. The topological polar surface area (TPSA) is 57.5 Å². The van der Waals surface area contributed by atoms with Gasteiger partial charge in [-0.05, 0) is 18.6 Å². The number of ketones is 1. The second-order valence-electron chi connectivity index (χ2n) is 3.26. The highest BCUT2D eigenvalue weighted by molar-refractivity contribution is 6.00. The quantitative estimate of drug-likeness (QED) is 0.723. The van der Waals surface area contributed by atoms with Crippen LogP contribution in [0.4, 0.5) is 0 Å².